The van der Waals surface area contributed by atoms with Gasteiger partial charge in [-0.15, -0.1) is 0 Å². The molecule has 1 unspecified atom stereocenters. The van der Waals surface area contributed by atoms with Gasteiger partial charge in [-0.3, -0.25) is 9.59 Å². The summed E-state index contributed by atoms with van der Waals surface area (Å²) in [5.74, 6) is 0.287. The first-order chi connectivity index (χ1) is 16.5. The fourth-order valence-corrected chi connectivity index (χ4v) is 4.84. The van der Waals surface area contributed by atoms with E-state index in [-0.39, 0.29) is 17.4 Å². The van der Waals surface area contributed by atoms with E-state index in [1.54, 1.807) is 48.4 Å². The van der Waals surface area contributed by atoms with Crippen LogP contribution >= 0.6 is 0 Å². The molecule has 2 aromatic carbocycles. The van der Waals surface area contributed by atoms with Crippen LogP contribution in [0.3, 0.4) is 0 Å². The summed E-state index contributed by atoms with van der Waals surface area (Å²) in [5, 5.41) is 11.3. The second-order valence-electron chi connectivity index (χ2n) is 8.63. The molecule has 0 spiro atoms. The van der Waals surface area contributed by atoms with Crippen molar-refractivity contribution in [2.45, 2.75) is 51.1 Å². The number of Topliss-reactive ketones (excluding diaryl/α,β-unsaturated/α-hetero) is 1. The fourth-order valence-electron chi connectivity index (χ4n) is 4.84. The number of ether oxygens (including phenoxy) is 3. The first-order valence-electron chi connectivity index (χ1n) is 11.7. The summed E-state index contributed by atoms with van der Waals surface area (Å²) in [6.07, 6.45) is 4.56. The number of methoxy groups -OCH3 is 2. The monoisotopic (exact) mass is 465 g/mol. The number of ketones is 1. The van der Waals surface area contributed by atoms with Crippen molar-refractivity contribution in [2.75, 3.05) is 20.8 Å². The van der Waals surface area contributed by atoms with Gasteiger partial charge in [-0.2, -0.15) is 0 Å². The minimum Gasteiger partial charge on any atom is -0.507 e. The number of benzene rings is 2. The highest BCUT2D eigenvalue weighted by Gasteiger charge is 2.49. The average Bonchev–Trinajstić information content (AvgIpc) is 3.48. The van der Waals surface area contributed by atoms with E-state index in [1.165, 1.54) is 7.11 Å². The van der Waals surface area contributed by atoms with Crippen molar-refractivity contribution in [1.29, 1.82) is 0 Å². The minimum atomic E-state index is -0.709. The maximum Gasteiger partial charge on any atom is 0.295 e. The van der Waals surface area contributed by atoms with Gasteiger partial charge in [-0.25, -0.2) is 0 Å². The molecule has 1 saturated heterocycles. The summed E-state index contributed by atoms with van der Waals surface area (Å²) in [7, 11) is 3.09. The molecule has 0 radical (unpaired) electrons. The van der Waals surface area contributed by atoms with Crippen LogP contribution in [0.1, 0.15) is 56.2 Å². The molecule has 34 heavy (non-hydrogen) atoms. The quantitative estimate of drug-likeness (QED) is 0.341. The largest absolute Gasteiger partial charge is 0.507 e. The van der Waals surface area contributed by atoms with Crippen LogP contribution in [-0.4, -0.2) is 48.6 Å². The van der Waals surface area contributed by atoms with E-state index in [0.717, 1.165) is 32.1 Å². The first kappa shape index (κ1) is 23.7. The molecule has 1 aliphatic heterocycles. The number of aliphatic hydroxyl groups excluding tert-OH is 1. The van der Waals surface area contributed by atoms with E-state index in [0.29, 0.717) is 35.0 Å². The highest BCUT2D eigenvalue weighted by molar-refractivity contribution is 6.46. The maximum absolute atomic E-state index is 13.3. The molecule has 1 N–H and O–H groups in total. The van der Waals surface area contributed by atoms with Gasteiger partial charge >= 0.3 is 0 Å². The van der Waals surface area contributed by atoms with Crippen molar-refractivity contribution in [2.24, 2.45) is 0 Å². The molecule has 7 nitrogen and oxygen atoms in total. The predicted octanol–water partition coefficient (Wildman–Crippen LogP) is 4.86. The Bertz CT molecular complexity index is 1080. The van der Waals surface area contributed by atoms with Crippen molar-refractivity contribution in [3.05, 3.63) is 59.2 Å². The molecule has 1 saturated carbocycles. The number of aliphatic hydroxyl groups is 1. The van der Waals surface area contributed by atoms with Gasteiger partial charge in [0, 0.05) is 11.6 Å². The summed E-state index contributed by atoms with van der Waals surface area (Å²) in [4.78, 5) is 28.1. The summed E-state index contributed by atoms with van der Waals surface area (Å²) in [5.41, 5.74) is 1.23. The van der Waals surface area contributed by atoms with Gasteiger partial charge in [0.05, 0.1) is 32.4 Å². The molecule has 180 valence electrons. The van der Waals surface area contributed by atoms with Crippen LogP contribution in [0, 0.1) is 0 Å². The number of hydrogen-bond donors (Lipinski definition) is 1. The van der Waals surface area contributed by atoms with Gasteiger partial charge in [-0.1, -0.05) is 25.8 Å². The highest BCUT2D eigenvalue weighted by atomic mass is 16.5. The number of amides is 1. The van der Waals surface area contributed by atoms with Crippen molar-refractivity contribution in [3.8, 4) is 17.2 Å². The Labute approximate surface area is 199 Å². The number of carbonyl (C=O) groups is 2. The Hall–Kier alpha value is -3.48. The van der Waals surface area contributed by atoms with E-state index in [4.69, 9.17) is 14.2 Å². The minimum absolute atomic E-state index is 0.0512. The second-order valence-corrected chi connectivity index (χ2v) is 8.63. The Morgan fingerprint density at radius 1 is 1.00 bits per heavy atom. The van der Waals surface area contributed by atoms with Crippen molar-refractivity contribution < 1.29 is 28.9 Å². The molecule has 7 heteroatoms. The zero-order valence-electron chi connectivity index (χ0n) is 19.9. The van der Waals surface area contributed by atoms with Gasteiger partial charge in [0.2, 0.25) is 0 Å². The van der Waals surface area contributed by atoms with Crippen LogP contribution < -0.4 is 14.2 Å². The molecule has 1 aliphatic carbocycles. The maximum atomic E-state index is 13.3. The van der Waals surface area contributed by atoms with Crippen LogP contribution in [0.5, 0.6) is 17.2 Å². The Balaban J connectivity index is 1.82. The molecule has 0 aromatic heterocycles. The molecule has 1 atom stereocenters. The topological polar surface area (TPSA) is 85.3 Å². The van der Waals surface area contributed by atoms with Crippen molar-refractivity contribution >= 4 is 17.4 Å². The molecular formula is C27H31NO6. The van der Waals surface area contributed by atoms with Gasteiger partial charge in [0.1, 0.15) is 11.5 Å². The molecule has 2 aliphatic rings. The van der Waals surface area contributed by atoms with E-state index >= 15 is 0 Å². The lowest BCUT2D eigenvalue weighted by atomic mass is 9.94. The third-order valence-corrected chi connectivity index (χ3v) is 6.52. The predicted molar refractivity (Wildman–Crippen MR) is 128 cm³/mol. The van der Waals surface area contributed by atoms with E-state index in [2.05, 4.69) is 0 Å². The molecule has 4 rings (SSSR count). The van der Waals surface area contributed by atoms with Gasteiger partial charge < -0.3 is 24.2 Å². The summed E-state index contributed by atoms with van der Waals surface area (Å²) >= 11 is 0. The lowest BCUT2D eigenvalue weighted by molar-refractivity contribution is -0.141. The number of nitrogens with zero attached hydrogens (tertiary/aromatic N) is 1. The van der Waals surface area contributed by atoms with E-state index in [1.807, 2.05) is 13.0 Å². The SMILES string of the molecule is CCCOc1ccc(/C(O)=C2/C(=O)C(=O)N(C3CCCC3)C2c2ccc(OC)c(OC)c2)cc1. The van der Waals surface area contributed by atoms with Crippen molar-refractivity contribution in [1.82, 2.24) is 4.90 Å². The third kappa shape index (κ3) is 4.34. The number of carbonyl (C=O) groups excluding carboxylic acids is 2. The van der Waals surface area contributed by atoms with Gasteiger partial charge in [0.25, 0.3) is 11.7 Å². The molecule has 0 bridgehead atoms. The second kappa shape index (κ2) is 10.2. The third-order valence-electron chi connectivity index (χ3n) is 6.52. The standard InChI is InChI=1S/C27H31NO6/c1-4-15-34-20-12-9-17(10-13-20)25(29)23-24(18-11-14-21(32-2)22(16-18)33-3)28(27(31)26(23)30)19-7-5-6-8-19/h9-14,16,19,24,29H,4-8,15H2,1-3H3/b25-23-. The summed E-state index contributed by atoms with van der Waals surface area (Å²) in [6, 6.07) is 11.5. The lowest BCUT2D eigenvalue weighted by Gasteiger charge is -2.31. The van der Waals surface area contributed by atoms with E-state index < -0.39 is 17.7 Å². The zero-order chi connectivity index (χ0) is 24.2. The molecule has 1 heterocycles. The number of rotatable bonds is 8. The number of likely N-dealkylation sites (tertiary alicyclic amines) is 1. The zero-order valence-corrected chi connectivity index (χ0v) is 19.9. The van der Waals surface area contributed by atoms with Crippen LogP contribution in [-0.2, 0) is 9.59 Å². The molecule has 2 aromatic rings. The smallest absolute Gasteiger partial charge is 0.295 e. The first-order valence-corrected chi connectivity index (χ1v) is 11.7. The number of hydrogen-bond acceptors (Lipinski definition) is 6. The Kier molecular flexibility index (Phi) is 7.10. The van der Waals surface area contributed by atoms with Crippen LogP contribution in [0.4, 0.5) is 0 Å². The summed E-state index contributed by atoms with van der Waals surface area (Å²) in [6.45, 7) is 2.62. The lowest BCUT2D eigenvalue weighted by Crippen LogP contribution is -2.37. The van der Waals surface area contributed by atoms with Gasteiger partial charge in [-0.05, 0) is 61.2 Å². The summed E-state index contributed by atoms with van der Waals surface area (Å²) < 4.78 is 16.5. The normalized spacial score (nSPS) is 20.1. The fraction of sp³-hybridized carbons (Fsp3) is 0.407. The Morgan fingerprint density at radius 3 is 2.29 bits per heavy atom. The molecule has 1 amide bonds. The average molecular weight is 466 g/mol. The van der Waals surface area contributed by atoms with Crippen molar-refractivity contribution in [3.63, 3.8) is 0 Å². The highest BCUT2D eigenvalue weighted by Crippen LogP contribution is 2.45. The molecular weight excluding hydrogens is 434 g/mol. The van der Waals surface area contributed by atoms with Gasteiger partial charge in [0.15, 0.2) is 11.5 Å². The van der Waals surface area contributed by atoms with Crippen LogP contribution in [0.15, 0.2) is 48.0 Å². The van der Waals surface area contributed by atoms with E-state index in [9.17, 15) is 14.7 Å². The Morgan fingerprint density at radius 2 is 1.68 bits per heavy atom. The van der Waals surface area contributed by atoms with Crippen LogP contribution in [0.2, 0.25) is 0 Å². The van der Waals surface area contributed by atoms with Crippen LogP contribution in [0.25, 0.3) is 5.76 Å². The molecule has 2 fully saturated rings.